The van der Waals surface area contributed by atoms with Crippen molar-refractivity contribution in [1.82, 2.24) is 29.5 Å². The van der Waals surface area contributed by atoms with E-state index in [4.69, 9.17) is 5.73 Å². The van der Waals surface area contributed by atoms with Gasteiger partial charge < -0.3 is 21.7 Å². The Hall–Kier alpha value is -4.12. The van der Waals surface area contributed by atoms with Crippen molar-refractivity contribution in [3.8, 4) is 0 Å². The number of hydrogen-bond acceptors (Lipinski definition) is 9. The van der Waals surface area contributed by atoms with E-state index >= 15 is 0 Å². The van der Waals surface area contributed by atoms with Crippen LogP contribution < -0.4 is 21.7 Å². The molecule has 1 amide bonds. The Morgan fingerprint density at radius 1 is 1.06 bits per heavy atom. The quantitative estimate of drug-likeness (QED) is 0.342. The lowest BCUT2D eigenvalue weighted by Crippen LogP contribution is -2.33. The molecule has 1 saturated carbocycles. The third-order valence-corrected chi connectivity index (χ3v) is 5.84. The van der Waals surface area contributed by atoms with Crippen molar-refractivity contribution in [3.63, 3.8) is 0 Å². The van der Waals surface area contributed by atoms with Gasteiger partial charge in [-0.25, -0.2) is 19.5 Å². The lowest BCUT2D eigenvalue weighted by Gasteiger charge is -2.27. The highest BCUT2D eigenvalue weighted by molar-refractivity contribution is 6.03. The first-order valence-corrected chi connectivity index (χ1v) is 11.2. The second-order valence-electron chi connectivity index (χ2n) is 8.44. The van der Waals surface area contributed by atoms with E-state index in [2.05, 4.69) is 41.0 Å². The van der Waals surface area contributed by atoms with Crippen LogP contribution in [0.3, 0.4) is 0 Å². The lowest BCUT2D eigenvalue weighted by molar-refractivity contribution is 0.102. The summed E-state index contributed by atoms with van der Waals surface area (Å²) in [4.78, 5) is 29.7. The Bertz CT molecular complexity index is 1280. The maximum Gasteiger partial charge on any atom is 0.277 e. The van der Waals surface area contributed by atoms with Gasteiger partial charge in [-0.2, -0.15) is 0 Å². The molecule has 0 radical (unpaired) electrons. The average molecular weight is 459 g/mol. The molecule has 1 fully saturated rings. The highest BCUT2D eigenvalue weighted by Crippen LogP contribution is 2.27. The smallest absolute Gasteiger partial charge is 0.277 e. The summed E-state index contributed by atoms with van der Waals surface area (Å²) in [5, 5.41) is 14.3. The summed E-state index contributed by atoms with van der Waals surface area (Å²) in [6.45, 7) is 1.93. The third kappa shape index (κ3) is 4.79. The number of amides is 1. The zero-order chi connectivity index (χ0) is 23.5. The van der Waals surface area contributed by atoms with E-state index < -0.39 is 0 Å². The molecule has 0 aromatic carbocycles. The Morgan fingerprint density at radius 3 is 2.65 bits per heavy atom. The van der Waals surface area contributed by atoms with Gasteiger partial charge in [-0.1, -0.05) is 0 Å². The second kappa shape index (κ2) is 9.40. The lowest BCUT2D eigenvalue weighted by atomic mass is 9.92. The normalized spacial score (nSPS) is 17.9. The van der Waals surface area contributed by atoms with Crippen molar-refractivity contribution < 1.29 is 4.79 Å². The minimum atomic E-state index is -0.373. The number of nitrogens with one attached hydrogen (secondary N) is 3. The molecule has 0 bridgehead atoms. The number of nitrogens with zero attached hydrogens (tertiary/aromatic N) is 6. The molecule has 0 unspecified atom stereocenters. The molecule has 5 N–H and O–H groups in total. The van der Waals surface area contributed by atoms with Crippen molar-refractivity contribution in [2.45, 2.75) is 44.7 Å². The van der Waals surface area contributed by atoms with E-state index in [0.717, 1.165) is 37.1 Å². The van der Waals surface area contributed by atoms with Crippen LogP contribution in [0.15, 0.2) is 49.2 Å². The molecule has 34 heavy (non-hydrogen) atoms. The van der Waals surface area contributed by atoms with E-state index in [-0.39, 0.29) is 23.7 Å². The highest BCUT2D eigenvalue weighted by Gasteiger charge is 2.21. The number of anilines is 4. The van der Waals surface area contributed by atoms with Crippen LogP contribution in [0.5, 0.6) is 0 Å². The van der Waals surface area contributed by atoms with Gasteiger partial charge in [0.25, 0.3) is 5.91 Å². The zero-order valence-corrected chi connectivity index (χ0v) is 18.8. The molecule has 5 rings (SSSR count). The number of rotatable bonds is 6. The van der Waals surface area contributed by atoms with Crippen LogP contribution in [-0.4, -0.2) is 47.5 Å². The molecule has 1 aliphatic carbocycles. The van der Waals surface area contributed by atoms with Crippen molar-refractivity contribution in [2.24, 2.45) is 5.73 Å². The maximum absolute atomic E-state index is 13.0. The van der Waals surface area contributed by atoms with Gasteiger partial charge in [-0.15, -0.1) is 5.10 Å². The summed E-state index contributed by atoms with van der Waals surface area (Å²) in [5.74, 6) is 0.666. The molecule has 174 valence electrons. The number of aromatic nitrogens is 6. The fourth-order valence-corrected chi connectivity index (χ4v) is 4.00. The molecule has 0 saturated heterocycles. The summed E-state index contributed by atoms with van der Waals surface area (Å²) in [5.41, 5.74) is 9.30. The van der Waals surface area contributed by atoms with Crippen molar-refractivity contribution in [3.05, 3.63) is 60.6 Å². The molecule has 4 heterocycles. The molecule has 11 nitrogen and oxygen atoms in total. The number of hydrogen-bond donors (Lipinski definition) is 4. The molecule has 0 spiro atoms. The summed E-state index contributed by atoms with van der Waals surface area (Å²) < 4.78 is 1.54. The molecular formula is C23H26N10O. The molecule has 0 atom stereocenters. The number of carbonyl (C=O) groups is 1. The predicted octanol–water partition coefficient (Wildman–Crippen LogP) is 2.90. The highest BCUT2D eigenvalue weighted by atomic mass is 16.2. The van der Waals surface area contributed by atoms with E-state index in [1.165, 1.54) is 17.0 Å². The number of imidazole rings is 1. The van der Waals surface area contributed by atoms with Gasteiger partial charge in [0.05, 0.1) is 23.8 Å². The zero-order valence-electron chi connectivity index (χ0n) is 18.8. The van der Waals surface area contributed by atoms with E-state index in [1.54, 1.807) is 18.5 Å². The van der Waals surface area contributed by atoms with E-state index in [9.17, 15) is 4.79 Å². The fraction of sp³-hybridized carbons (Fsp3) is 0.304. The summed E-state index contributed by atoms with van der Waals surface area (Å²) >= 11 is 0. The largest absolute Gasteiger partial charge is 0.366 e. The average Bonchev–Trinajstić information content (AvgIpc) is 3.27. The minimum absolute atomic E-state index is 0.255. The Kier molecular flexibility index (Phi) is 6.00. The van der Waals surface area contributed by atoms with Crippen LogP contribution in [-0.2, 0) is 0 Å². The molecule has 1 aliphatic rings. The van der Waals surface area contributed by atoms with Gasteiger partial charge in [0, 0.05) is 30.0 Å². The summed E-state index contributed by atoms with van der Waals surface area (Å²) in [7, 11) is 0. The van der Waals surface area contributed by atoms with Crippen LogP contribution in [0.25, 0.3) is 5.65 Å². The van der Waals surface area contributed by atoms with Crippen molar-refractivity contribution >= 4 is 34.6 Å². The van der Waals surface area contributed by atoms with Crippen LogP contribution in [0.4, 0.5) is 23.0 Å². The van der Waals surface area contributed by atoms with E-state index in [0.29, 0.717) is 23.0 Å². The number of carbonyl (C=O) groups excluding carboxylic acids is 1. The Morgan fingerprint density at radius 2 is 1.91 bits per heavy atom. The van der Waals surface area contributed by atoms with Crippen LogP contribution in [0, 0.1) is 6.92 Å². The summed E-state index contributed by atoms with van der Waals surface area (Å²) in [6.07, 6.45) is 10.1. The number of aryl methyl sites for hydroxylation is 1. The van der Waals surface area contributed by atoms with Gasteiger partial charge in [0.15, 0.2) is 11.3 Å². The Balaban J connectivity index is 1.49. The first-order chi connectivity index (χ1) is 16.5. The van der Waals surface area contributed by atoms with Gasteiger partial charge >= 0.3 is 0 Å². The minimum Gasteiger partial charge on any atom is -0.366 e. The monoisotopic (exact) mass is 458 g/mol. The first-order valence-electron chi connectivity index (χ1n) is 11.2. The fourth-order valence-electron chi connectivity index (χ4n) is 4.00. The van der Waals surface area contributed by atoms with Crippen LogP contribution in [0.2, 0.25) is 0 Å². The van der Waals surface area contributed by atoms with Crippen molar-refractivity contribution in [1.29, 1.82) is 0 Å². The van der Waals surface area contributed by atoms with Crippen molar-refractivity contribution in [2.75, 3.05) is 16.0 Å². The molecule has 0 aliphatic heterocycles. The standard InChI is InChI=1S/C23H26N10O/c1-14-2-5-17(11-26-14)29-18-10-21(30-16-6-3-15(24)4-7-16)32-33-19(12-27-22(18)33)23(34)31-20-8-9-25-13-28-20/h2,5,8-13,15-16,29H,3-4,6-7,24H2,1H3,(H,30,32)(H,25,28,31,34)/t15-,16-. The predicted molar refractivity (Wildman–Crippen MR) is 129 cm³/mol. The van der Waals surface area contributed by atoms with Crippen LogP contribution in [0.1, 0.15) is 41.9 Å². The number of fused-ring (bicyclic) bond motifs is 1. The maximum atomic E-state index is 13.0. The molecule has 4 aromatic rings. The number of nitrogens with two attached hydrogens (primary N) is 1. The van der Waals surface area contributed by atoms with Gasteiger partial charge in [-0.3, -0.25) is 9.78 Å². The Labute approximate surface area is 196 Å². The van der Waals surface area contributed by atoms with Gasteiger partial charge in [0.2, 0.25) is 0 Å². The molecule has 4 aromatic heterocycles. The summed E-state index contributed by atoms with van der Waals surface area (Å²) in [6, 6.07) is 7.92. The van der Waals surface area contributed by atoms with Gasteiger partial charge in [-0.05, 0) is 50.8 Å². The first kappa shape index (κ1) is 21.7. The van der Waals surface area contributed by atoms with E-state index in [1.807, 2.05) is 25.1 Å². The molecular weight excluding hydrogens is 432 g/mol. The van der Waals surface area contributed by atoms with Crippen LogP contribution >= 0.6 is 0 Å². The topological polar surface area (TPSA) is 148 Å². The number of pyridine rings is 1. The molecule has 11 heteroatoms. The second-order valence-corrected chi connectivity index (χ2v) is 8.44. The SMILES string of the molecule is Cc1ccc(Nc2cc(N[C@H]3CC[C@H](N)CC3)nn3c(C(=O)Nc4ccncn4)cnc23)cn1. The van der Waals surface area contributed by atoms with Gasteiger partial charge in [0.1, 0.15) is 18.0 Å². The third-order valence-electron chi connectivity index (χ3n) is 5.84.